The molecular weight excluding hydrogens is 258 g/mol. The fourth-order valence-electron chi connectivity index (χ4n) is 1.63. The van der Waals surface area contributed by atoms with Gasteiger partial charge in [-0.25, -0.2) is 0 Å². The molecule has 2 rings (SSSR count). The molecule has 1 heterocycles. The average molecular weight is 274 g/mol. The molecule has 1 saturated carbocycles. The van der Waals surface area contributed by atoms with E-state index < -0.39 is 0 Å². The molecule has 0 atom stereocenters. The highest BCUT2D eigenvalue weighted by molar-refractivity contribution is 9.11. The molecule has 0 aromatic carbocycles. The van der Waals surface area contributed by atoms with E-state index in [-0.39, 0.29) is 0 Å². The van der Waals surface area contributed by atoms with E-state index in [0.29, 0.717) is 0 Å². The van der Waals surface area contributed by atoms with Gasteiger partial charge in [0.15, 0.2) is 0 Å². The Morgan fingerprint density at radius 3 is 2.79 bits per heavy atom. The minimum atomic E-state index is 0.998. The van der Waals surface area contributed by atoms with Crippen molar-refractivity contribution in [2.24, 2.45) is 5.92 Å². The quantitative estimate of drug-likeness (QED) is 0.790. The predicted molar refractivity (Wildman–Crippen MR) is 65.7 cm³/mol. The minimum Gasteiger partial charge on any atom is -0.298 e. The highest BCUT2D eigenvalue weighted by Crippen LogP contribution is 2.31. The van der Waals surface area contributed by atoms with Crippen LogP contribution in [0.1, 0.15) is 24.6 Å². The molecule has 1 aromatic rings. The molecule has 3 heteroatoms. The SMILES string of the molecule is CCN(Cc1ccc(Br)s1)CC1CC1. The summed E-state index contributed by atoms with van der Waals surface area (Å²) < 4.78 is 1.25. The third-order valence-electron chi connectivity index (χ3n) is 2.67. The third kappa shape index (κ3) is 3.07. The molecule has 1 aliphatic carbocycles. The second kappa shape index (κ2) is 4.77. The van der Waals surface area contributed by atoms with Gasteiger partial charge in [-0.1, -0.05) is 6.92 Å². The molecule has 0 radical (unpaired) electrons. The van der Waals surface area contributed by atoms with Crippen molar-refractivity contribution in [2.75, 3.05) is 13.1 Å². The standard InChI is InChI=1S/C11H16BrNS/c1-2-13(7-9-3-4-9)8-10-5-6-11(12)14-10/h5-6,9H,2-4,7-8H2,1H3. The van der Waals surface area contributed by atoms with E-state index in [4.69, 9.17) is 0 Å². The number of hydrogen-bond donors (Lipinski definition) is 0. The maximum absolute atomic E-state index is 3.51. The predicted octanol–water partition coefficient (Wildman–Crippen LogP) is 3.74. The van der Waals surface area contributed by atoms with Crippen LogP contribution in [-0.2, 0) is 6.54 Å². The van der Waals surface area contributed by atoms with Crippen LogP contribution in [-0.4, -0.2) is 18.0 Å². The average Bonchev–Trinajstić information content (AvgIpc) is 2.89. The molecular formula is C11H16BrNS. The summed E-state index contributed by atoms with van der Waals surface area (Å²) >= 11 is 5.36. The lowest BCUT2D eigenvalue weighted by Gasteiger charge is -2.18. The summed E-state index contributed by atoms with van der Waals surface area (Å²) in [5.41, 5.74) is 0. The normalized spacial score (nSPS) is 16.5. The minimum absolute atomic E-state index is 0.998. The van der Waals surface area contributed by atoms with Gasteiger partial charge in [0, 0.05) is 18.0 Å². The van der Waals surface area contributed by atoms with E-state index in [0.717, 1.165) is 12.5 Å². The van der Waals surface area contributed by atoms with Crippen LogP contribution in [0, 0.1) is 5.92 Å². The van der Waals surface area contributed by atoms with Crippen molar-refractivity contribution in [2.45, 2.75) is 26.3 Å². The van der Waals surface area contributed by atoms with Crippen LogP contribution in [0.3, 0.4) is 0 Å². The lowest BCUT2D eigenvalue weighted by molar-refractivity contribution is 0.271. The van der Waals surface area contributed by atoms with Crippen molar-refractivity contribution in [3.63, 3.8) is 0 Å². The van der Waals surface area contributed by atoms with Crippen LogP contribution in [0.25, 0.3) is 0 Å². The largest absolute Gasteiger partial charge is 0.298 e. The van der Waals surface area contributed by atoms with Gasteiger partial charge < -0.3 is 0 Å². The lowest BCUT2D eigenvalue weighted by atomic mass is 10.3. The van der Waals surface area contributed by atoms with E-state index in [1.807, 2.05) is 11.3 Å². The maximum Gasteiger partial charge on any atom is 0.0701 e. The molecule has 0 N–H and O–H groups in total. The van der Waals surface area contributed by atoms with Crippen LogP contribution >= 0.6 is 27.3 Å². The Labute approximate surface area is 98.2 Å². The summed E-state index contributed by atoms with van der Waals surface area (Å²) in [4.78, 5) is 4.02. The number of halogens is 1. The number of hydrogen-bond acceptors (Lipinski definition) is 2. The molecule has 0 saturated heterocycles. The zero-order chi connectivity index (χ0) is 9.97. The second-order valence-corrected chi connectivity index (χ2v) is 6.52. The Morgan fingerprint density at radius 2 is 2.29 bits per heavy atom. The first-order valence-corrected chi connectivity index (χ1v) is 6.85. The van der Waals surface area contributed by atoms with Crippen molar-refractivity contribution in [1.29, 1.82) is 0 Å². The summed E-state index contributed by atoms with van der Waals surface area (Å²) in [5, 5.41) is 0. The van der Waals surface area contributed by atoms with Crippen molar-refractivity contribution >= 4 is 27.3 Å². The lowest BCUT2D eigenvalue weighted by Crippen LogP contribution is -2.24. The van der Waals surface area contributed by atoms with Crippen LogP contribution in [0.5, 0.6) is 0 Å². The van der Waals surface area contributed by atoms with E-state index in [1.54, 1.807) is 0 Å². The summed E-state index contributed by atoms with van der Waals surface area (Å²) in [6, 6.07) is 4.37. The second-order valence-electron chi connectivity index (χ2n) is 3.98. The Kier molecular flexibility index (Phi) is 3.63. The van der Waals surface area contributed by atoms with Gasteiger partial charge in [0.05, 0.1) is 3.79 Å². The third-order valence-corrected chi connectivity index (χ3v) is 4.28. The molecule has 0 aliphatic heterocycles. The fourth-order valence-corrected chi connectivity index (χ4v) is 3.15. The van der Waals surface area contributed by atoms with E-state index in [1.165, 1.54) is 34.6 Å². The van der Waals surface area contributed by atoms with Gasteiger partial charge in [0.25, 0.3) is 0 Å². The number of rotatable bonds is 5. The molecule has 78 valence electrons. The molecule has 1 nitrogen and oxygen atoms in total. The molecule has 0 bridgehead atoms. The van der Waals surface area contributed by atoms with Crippen LogP contribution < -0.4 is 0 Å². The van der Waals surface area contributed by atoms with Gasteiger partial charge in [-0.2, -0.15) is 0 Å². The molecule has 0 unspecified atom stereocenters. The monoisotopic (exact) mass is 273 g/mol. The molecule has 1 aliphatic rings. The number of thiophene rings is 1. The first kappa shape index (κ1) is 10.7. The zero-order valence-corrected chi connectivity index (χ0v) is 10.9. The van der Waals surface area contributed by atoms with E-state index in [2.05, 4.69) is 39.9 Å². The van der Waals surface area contributed by atoms with Crippen molar-refractivity contribution < 1.29 is 0 Å². The molecule has 14 heavy (non-hydrogen) atoms. The molecule has 0 spiro atoms. The summed E-state index contributed by atoms with van der Waals surface area (Å²) in [6.07, 6.45) is 2.90. The van der Waals surface area contributed by atoms with Gasteiger partial charge in [-0.3, -0.25) is 4.90 Å². The van der Waals surface area contributed by atoms with Crippen LogP contribution in [0.15, 0.2) is 15.9 Å². The van der Waals surface area contributed by atoms with Crippen LogP contribution in [0.4, 0.5) is 0 Å². The molecule has 1 fully saturated rings. The van der Waals surface area contributed by atoms with Crippen molar-refractivity contribution in [3.8, 4) is 0 Å². The van der Waals surface area contributed by atoms with Gasteiger partial charge in [-0.05, 0) is 53.4 Å². The first-order valence-electron chi connectivity index (χ1n) is 5.24. The Balaban J connectivity index is 1.86. The van der Waals surface area contributed by atoms with E-state index in [9.17, 15) is 0 Å². The van der Waals surface area contributed by atoms with Crippen molar-refractivity contribution in [1.82, 2.24) is 4.90 Å². The van der Waals surface area contributed by atoms with Gasteiger partial charge >= 0.3 is 0 Å². The molecule has 0 amide bonds. The Morgan fingerprint density at radius 1 is 1.50 bits per heavy atom. The highest BCUT2D eigenvalue weighted by atomic mass is 79.9. The first-order chi connectivity index (χ1) is 6.78. The highest BCUT2D eigenvalue weighted by Gasteiger charge is 2.23. The zero-order valence-electron chi connectivity index (χ0n) is 8.50. The van der Waals surface area contributed by atoms with E-state index >= 15 is 0 Å². The summed E-state index contributed by atoms with van der Waals surface area (Å²) in [7, 11) is 0. The topological polar surface area (TPSA) is 3.24 Å². The smallest absolute Gasteiger partial charge is 0.0701 e. The van der Waals surface area contributed by atoms with Gasteiger partial charge in [0.1, 0.15) is 0 Å². The summed E-state index contributed by atoms with van der Waals surface area (Å²) in [5.74, 6) is 0.998. The summed E-state index contributed by atoms with van der Waals surface area (Å²) in [6.45, 7) is 5.85. The van der Waals surface area contributed by atoms with Crippen LogP contribution in [0.2, 0.25) is 0 Å². The maximum atomic E-state index is 3.51. The van der Waals surface area contributed by atoms with Crippen molar-refractivity contribution in [3.05, 3.63) is 20.8 Å². The van der Waals surface area contributed by atoms with Gasteiger partial charge in [-0.15, -0.1) is 11.3 Å². The number of nitrogens with zero attached hydrogens (tertiary/aromatic N) is 1. The molecule has 1 aromatic heterocycles. The Bertz CT molecular complexity index is 293. The fraction of sp³-hybridized carbons (Fsp3) is 0.636. The Hall–Kier alpha value is 0.140. The van der Waals surface area contributed by atoms with Gasteiger partial charge in [0.2, 0.25) is 0 Å².